The first-order chi connectivity index (χ1) is 11.3. The average molecular weight is 342 g/mol. The average Bonchev–Trinajstić information content (AvgIpc) is 2.54. The summed E-state index contributed by atoms with van der Waals surface area (Å²) in [6.07, 6.45) is -2.63. The lowest BCUT2D eigenvalue weighted by Gasteiger charge is -2.10. The van der Waals surface area contributed by atoms with Crippen LogP contribution in [-0.4, -0.2) is 23.1 Å². The molecule has 2 heterocycles. The third kappa shape index (κ3) is 4.48. The van der Waals surface area contributed by atoms with Gasteiger partial charge in [0.1, 0.15) is 5.69 Å². The van der Waals surface area contributed by atoms with Crippen LogP contribution in [0.4, 0.5) is 23.7 Å². The second-order valence-electron chi connectivity index (χ2n) is 4.65. The van der Waals surface area contributed by atoms with E-state index in [1.165, 1.54) is 13.3 Å². The fraction of sp³-hybridized carbons (Fsp3) is 0.214. The maximum Gasteiger partial charge on any atom is 0.417 e. The molecule has 0 fully saturated rings. The summed E-state index contributed by atoms with van der Waals surface area (Å²) in [5.74, 6) is 0.402. The number of ether oxygens (including phenoxy) is 1. The molecule has 24 heavy (non-hydrogen) atoms. The molecule has 0 bridgehead atoms. The number of aromatic nitrogens is 2. The van der Waals surface area contributed by atoms with Crippen LogP contribution in [0.25, 0.3) is 0 Å². The number of hydrogen-bond donors (Lipinski definition) is 3. The fourth-order valence-corrected chi connectivity index (χ4v) is 1.73. The number of nitrogens with one attached hydrogen (secondary N) is 3. The number of alkyl halides is 3. The molecule has 7 nitrogen and oxygen atoms in total. The highest BCUT2D eigenvalue weighted by Gasteiger charge is 2.31. The second-order valence-corrected chi connectivity index (χ2v) is 4.65. The Morgan fingerprint density at radius 1 is 1.38 bits per heavy atom. The van der Waals surface area contributed by atoms with Gasteiger partial charge in [0, 0.05) is 25.0 Å². The number of rotatable bonds is 4. The Kier molecular flexibility index (Phi) is 5.07. The Balaban J connectivity index is 2.00. The van der Waals surface area contributed by atoms with Crippen molar-refractivity contribution < 1.29 is 22.7 Å². The van der Waals surface area contributed by atoms with Gasteiger partial charge in [0.25, 0.3) is 5.56 Å². The number of nitrogens with zero attached hydrogens (tertiary/aromatic N) is 1. The van der Waals surface area contributed by atoms with Crippen molar-refractivity contribution in [3.63, 3.8) is 0 Å². The van der Waals surface area contributed by atoms with Gasteiger partial charge in [0.05, 0.1) is 12.7 Å². The first kappa shape index (κ1) is 17.3. The number of anilines is 1. The monoisotopic (exact) mass is 342 g/mol. The van der Waals surface area contributed by atoms with Crippen LogP contribution in [0, 0.1) is 0 Å². The van der Waals surface area contributed by atoms with Gasteiger partial charge in [0.15, 0.2) is 0 Å². The highest BCUT2D eigenvalue weighted by atomic mass is 19.4. The Bertz CT molecular complexity index is 772. The highest BCUT2D eigenvalue weighted by molar-refractivity contribution is 5.89. The van der Waals surface area contributed by atoms with E-state index in [9.17, 15) is 22.8 Å². The maximum atomic E-state index is 12.6. The van der Waals surface area contributed by atoms with Crippen molar-refractivity contribution >= 4 is 11.7 Å². The summed E-state index contributed by atoms with van der Waals surface area (Å²) in [5, 5.41) is 4.48. The summed E-state index contributed by atoms with van der Waals surface area (Å²) in [6, 6.07) is 2.99. The maximum absolute atomic E-state index is 12.6. The van der Waals surface area contributed by atoms with Crippen molar-refractivity contribution in [1.82, 2.24) is 15.3 Å². The molecule has 0 atom stereocenters. The van der Waals surface area contributed by atoms with Gasteiger partial charge in [-0.05, 0) is 11.6 Å². The minimum Gasteiger partial charge on any atom is -0.481 e. The van der Waals surface area contributed by atoms with Crippen LogP contribution >= 0.6 is 0 Å². The number of carbonyl (C=O) groups excluding carboxylic acids is 1. The van der Waals surface area contributed by atoms with Gasteiger partial charge in [-0.15, -0.1) is 0 Å². The van der Waals surface area contributed by atoms with Crippen molar-refractivity contribution in [3.8, 4) is 5.88 Å². The lowest BCUT2D eigenvalue weighted by molar-refractivity contribution is -0.137. The van der Waals surface area contributed by atoms with E-state index in [0.717, 1.165) is 0 Å². The van der Waals surface area contributed by atoms with E-state index >= 15 is 0 Å². The Morgan fingerprint density at radius 3 is 2.71 bits per heavy atom. The summed E-state index contributed by atoms with van der Waals surface area (Å²) >= 11 is 0. The van der Waals surface area contributed by atoms with Gasteiger partial charge < -0.3 is 20.4 Å². The Hall–Kier alpha value is -3.04. The molecule has 2 rings (SSSR count). The molecule has 0 aliphatic heterocycles. The minimum absolute atomic E-state index is 0.0691. The van der Waals surface area contributed by atoms with Crippen LogP contribution in [0.15, 0.2) is 35.4 Å². The lowest BCUT2D eigenvalue weighted by Crippen LogP contribution is -2.31. The van der Waals surface area contributed by atoms with E-state index in [0.29, 0.717) is 23.7 Å². The van der Waals surface area contributed by atoms with E-state index < -0.39 is 29.0 Å². The smallest absolute Gasteiger partial charge is 0.417 e. The molecule has 10 heteroatoms. The number of H-pyrrole nitrogens is 1. The summed E-state index contributed by atoms with van der Waals surface area (Å²) in [4.78, 5) is 29.1. The third-order valence-corrected chi connectivity index (χ3v) is 2.94. The van der Waals surface area contributed by atoms with Gasteiger partial charge >= 0.3 is 12.2 Å². The minimum atomic E-state index is -4.63. The molecule has 0 spiro atoms. The van der Waals surface area contributed by atoms with Crippen LogP contribution in [0.2, 0.25) is 0 Å². The van der Waals surface area contributed by atoms with E-state index in [1.54, 1.807) is 12.1 Å². The zero-order valence-electron chi connectivity index (χ0n) is 12.4. The number of methoxy groups -OCH3 is 1. The van der Waals surface area contributed by atoms with Gasteiger partial charge in [-0.3, -0.25) is 4.79 Å². The lowest BCUT2D eigenvalue weighted by atomic mass is 10.2. The molecule has 2 aromatic rings. The molecule has 128 valence electrons. The normalized spacial score (nSPS) is 11.0. The molecule has 0 aliphatic carbocycles. The van der Waals surface area contributed by atoms with Gasteiger partial charge in [-0.1, -0.05) is 6.07 Å². The molecule has 0 saturated heterocycles. The predicted octanol–water partition coefficient (Wildman–Crippen LogP) is 2.12. The molecule has 2 amide bonds. The molecule has 2 aromatic heterocycles. The van der Waals surface area contributed by atoms with Crippen molar-refractivity contribution in [2.45, 2.75) is 12.7 Å². The molecule has 0 radical (unpaired) electrons. The number of pyridine rings is 2. The molecule has 0 aliphatic rings. The Morgan fingerprint density at radius 2 is 2.12 bits per heavy atom. The summed E-state index contributed by atoms with van der Waals surface area (Å²) < 4.78 is 42.7. The van der Waals surface area contributed by atoms with E-state index in [1.807, 2.05) is 4.98 Å². The van der Waals surface area contributed by atoms with Crippen molar-refractivity contribution in [1.29, 1.82) is 0 Å². The van der Waals surface area contributed by atoms with Crippen LogP contribution in [0.5, 0.6) is 5.88 Å². The van der Waals surface area contributed by atoms with Crippen LogP contribution in [0.1, 0.15) is 11.1 Å². The van der Waals surface area contributed by atoms with E-state index in [2.05, 4.69) is 15.6 Å². The van der Waals surface area contributed by atoms with Crippen molar-refractivity contribution in [2.75, 3.05) is 12.4 Å². The number of halogens is 3. The molecule has 0 aromatic carbocycles. The third-order valence-electron chi connectivity index (χ3n) is 2.94. The topological polar surface area (TPSA) is 96.1 Å². The van der Waals surface area contributed by atoms with Crippen LogP contribution in [-0.2, 0) is 12.7 Å². The second kappa shape index (κ2) is 7.02. The van der Waals surface area contributed by atoms with E-state index in [4.69, 9.17) is 4.74 Å². The quantitative estimate of drug-likeness (QED) is 0.793. The fourth-order valence-electron chi connectivity index (χ4n) is 1.73. The highest BCUT2D eigenvalue weighted by Crippen LogP contribution is 2.29. The van der Waals surface area contributed by atoms with Gasteiger partial charge in [0.2, 0.25) is 5.88 Å². The zero-order chi connectivity index (χ0) is 17.7. The van der Waals surface area contributed by atoms with Crippen molar-refractivity contribution in [2.24, 2.45) is 0 Å². The van der Waals surface area contributed by atoms with Crippen LogP contribution in [0.3, 0.4) is 0 Å². The molecule has 0 unspecified atom stereocenters. The molecule has 3 N–H and O–H groups in total. The summed E-state index contributed by atoms with van der Waals surface area (Å²) in [5.41, 5.74) is -1.78. The number of carbonyl (C=O) groups is 1. The van der Waals surface area contributed by atoms with Gasteiger partial charge in [-0.25, -0.2) is 9.78 Å². The number of urea groups is 1. The molecular formula is C14H13F3N4O3. The standard InChI is InChI=1S/C14H13F3N4O3/c1-24-11-3-2-8(5-18-11)6-20-13(23)21-10-4-9(14(15,16)17)7-19-12(10)22/h2-5,7H,6H2,1H3,(H,19,22)(H2,20,21,23). The van der Waals surface area contributed by atoms with Gasteiger partial charge in [-0.2, -0.15) is 13.2 Å². The van der Waals surface area contributed by atoms with E-state index in [-0.39, 0.29) is 6.54 Å². The molecule has 0 saturated carbocycles. The SMILES string of the molecule is COc1ccc(CNC(=O)Nc2cc(C(F)(F)F)c[nH]c2=O)cn1. The summed E-state index contributed by atoms with van der Waals surface area (Å²) in [7, 11) is 1.46. The van der Waals surface area contributed by atoms with Crippen LogP contribution < -0.4 is 20.9 Å². The number of amides is 2. The zero-order valence-corrected chi connectivity index (χ0v) is 12.4. The first-order valence-electron chi connectivity index (χ1n) is 6.63. The first-order valence-corrected chi connectivity index (χ1v) is 6.63. The van der Waals surface area contributed by atoms with Crippen molar-refractivity contribution in [3.05, 3.63) is 52.1 Å². The predicted molar refractivity (Wildman–Crippen MR) is 78.7 cm³/mol. The number of aromatic amines is 1. The Labute approximate surface area is 133 Å². The number of hydrogen-bond acceptors (Lipinski definition) is 4. The molecular weight excluding hydrogens is 329 g/mol. The summed E-state index contributed by atoms with van der Waals surface area (Å²) in [6.45, 7) is 0.0691. The largest absolute Gasteiger partial charge is 0.481 e.